The zero-order valence-electron chi connectivity index (χ0n) is 14.8. The molecular formula is C19H20N6O2. The summed E-state index contributed by atoms with van der Waals surface area (Å²) >= 11 is 0. The molecule has 3 N–H and O–H groups in total. The zero-order valence-corrected chi connectivity index (χ0v) is 14.8. The van der Waals surface area contributed by atoms with Crippen LogP contribution < -0.4 is 16.0 Å². The van der Waals surface area contributed by atoms with Crippen molar-refractivity contribution < 1.29 is 9.59 Å². The van der Waals surface area contributed by atoms with Crippen molar-refractivity contribution in [2.75, 3.05) is 7.05 Å². The zero-order chi connectivity index (χ0) is 19.1. The van der Waals surface area contributed by atoms with Gasteiger partial charge in [-0.2, -0.15) is 0 Å². The molecule has 0 spiro atoms. The van der Waals surface area contributed by atoms with E-state index in [1.165, 1.54) is 0 Å². The maximum Gasteiger partial charge on any atom is 0.315 e. The summed E-state index contributed by atoms with van der Waals surface area (Å²) in [5.41, 5.74) is 2.38. The Morgan fingerprint density at radius 3 is 2.30 bits per heavy atom. The van der Waals surface area contributed by atoms with Gasteiger partial charge in [0.2, 0.25) is 0 Å². The van der Waals surface area contributed by atoms with Crippen LogP contribution >= 0.6 is 0 Å². The molecule has 3 rings (SSSR count). The number of hydrogen-bond donors (Lipinski definition) is 3. The van der Waals surface area contributed by atoms with Gasteiger partial charge in [-0.3, -0.25) is 9.36 Å². The fourth-order valence-electron chi connectivity index (χ4n) is 2.41. The standard InChI is InChI=1S/C19H20N6O2/c1-20-18(26)16-5-2-14(3-6-16)10-23-19(27)24-12-15-4-7-17(22-11-15)25-9-8-21-13-25/h2-9,11,13H,10,12H2,1H3,(H,20,26)(H2,23,24,27). The number of pyridine rings is 1. The Hall–Kier alpha value is -3.68. The summed E-state index contributed by atoms with van der Waals surface area (Å²) in [6, 6.07) is 10.6. The Kier molecular flexibility index (Phi) is 5.78. The lowest BCUT2D eigenvalue weighted by Crippen LogP contribution is -2.34. The molecule has 0 bridgehead atoms. The van der Waals surface area contributed by atoms with Crippen LogP contribution in [0.5, 0.6) is 0 Å². The number of nitrogens with zero attached hydrogens (tertiary/aromatic N) is 3. The molecule has 27 heavy (non-hydrogen) atoms. The largest absolute Gasteiger partial charge is 0.355 e. The first-order valence-corrected chi connectivity index (χ1v) is 8.41. The number of carbonyl (C=O) groups is 2. The van der Waals surface area contributed by atoms with Crippen molar-refractivity contribution in [3.63, 3.8) is 0 Å². The Morgan fingerprint density at radius 1 is 1.00 bits per heavy atom. The number of amides is 3. The first kappa shape index (κ1) is 18.1. The van der Waals surface area contributed by atoms with Crippen molar-refractivity contribution >= 4 is 11.9 Å². The molecule has 0 saturated carbocycles. The molecule has 3 aromatic rings. The molecule has 0 atom stereocenters. The molecule has 0 saturated heterocycles. The number of nitrogens with one attached hydrogen (secondary N) is 3. The normalized spacial score (nSPS) is 10.3. The van der Waals surface area contributed by atoms with Crippen molar-refractivity contribution in [2.24, 2.45) is 0 Å². The number of hydrogen-bond acceptors (Lipinski definition) is 4. The smallest absolute Gasteiger partial charge is 0.315 e. The topological polar surface area (TPSA) is 101 Å². The second kappa shape index (κ2) is 8.61. The van der Waals surface area contributed by atoms with Crippen molar-refractivity contribution in [3.05, 3.63) is 78.0 Å². The van der Waals surface area contributed by atoms with Crippen molar-refractivity contribution in [1.82, 2.24) is 30.5 Å². The highest BCUT2D eigenvalue weighted by molar-refractivity contribution is 5.93. The summed E-state index contributed by atoms with van der Waals surface area (Å²) < 4.78 is 1.80. The molecule has 0 radical (unpaired) electrons. The van der Waals surface area contributed by atoms with Crippen LogP contribution in [0, 0.1) is 0 Å². The number of urea groups is 1. The third-order valence-corrected chi connectivity index (χ3v) is 3.93. The van der Waals surface area contributed by atoms with Crippen LogP contribution in [-0.4, -0.2) is 33.5 Å². The number of carbonyl (C=O) groups excluding carboxylic acids is 2. The maximum atomic E-state index is 11.9. The van der Waals surface area contributed by atoms with Gasteiger partial charge in [0.15, 0.2) is 0 Å². The van der Waals surface area contributed by atoms with Gasteiger partial charge in [0, 0.05) is 44.3 Å². The summed E-state index contributed by atoms with van der Waals surface area (Å²) in [5, 5.41) is 8.14. The van der Waals surface area contributed by atoms with Gasteiger partial charge in [0.05, 0.1) is 0 Å². The molecule has 2 heterocycles. The van der Waals surface area contributed by atoms with E-state index in [9.17, 15) is 9.59 Å². The van der Waals surface area contributed by atoms with E-state index in [1.807, 2.05) is 30.5 Å². The van der Waals surface area contributed by atoms with E-state index in [0.29, 0.717) is 18.7 Å². The van der Waals surface area contributed by atoms with Gasteiger partial charge in [0.1, 0.15) is 12.1 Å². The van der Waals surface area contributed by atoms with Crippen LogP contribution in [0.1, 0.15) is 21.5 Å². The monoisotopic (exact) mass is 364 g/mol. The van der Waals surface area contributed by atoms with Crippen LogP contribution in [0.2, 0.25) is 0 Å². The maximum absolute atomic E-state index is 11.9. The average Bonchev–Trinajstić information content (AvgIpc) is 3.26. The minimum absolute atomic E-state index is 0.139. The second-order valence-corrected chi connectivity index (χ2v) is 5.81. The van der Waals surface area contributed by atoms with Gasteiger partial charge in [-0.05, 0) is 29.3 Å². The van der Waals surface area contributed by atoms with E-state index in [2.05, 4.69) is 25.9 Å². The molecule has 0 unspecified atom stereocenters. The summed E-state index contributed by atoms with van der Waals surface area (Å²) in [4.78, 5) is 31.8. The first-order chi connectivity index (χ1) is 13.2. The van der Waals surface area contributed by atoms with Crippen LogP contribution in [0.4, 0.5) is 4.79 Å². The molecular weight excluding hydrogens is 344 g/mol. The lowest BCUT2D eigenvalue weighted by atomic mass is 10.1. The van der Waals surface area contributed by atoms with Crippen molar-refractivity contribution in [2.45, 2.75) is 13.1 Å². The fraction of sp³-hybridized carbons (Fsp3) is 0.158. The molecule has 0 aliphatic carbocycles. The van der Waals surface area contributed by atoms with Crippen LogP contribution in [0.3, 0.4) is 0 Å². The van der Waals surface area contributed by atoms with E-state index >= 15 is 0 Å². The number of imidazole rings is 1. The van der Waals surface area contributed by atoms with E-state index in [4.69, 9.17) is 0 Å². The lowest BCUT2D eigenvalue weighted by molar-refractivity contribution is 0.0963. The van der Waals surface area contributed by atoms with Crippen LogP contribution in [0.15, 0.2) is 61.3 Å². The Morgan fingerprint density at radius 2 is 1.70 bits per heavy atom. The summed E-state index contributed by atoms with van der Waals surface area (Å²) in [5.74, 6) is 0.626. The lowest BCUT2D eigenvalue weighted by Gasteiger charge is -2.09. The third kappa shape index (κ3) is 4.91. The van der Waals surface area contributed by atoms with Crippen molar-refractivity contribution in [3.8, 4) is 5.82 Å². The highest BCUT2D eigenvalue weighted by atomic mass is 16.2. The molecule has 3 amide bonds. The first-order valence-electron chi connectivity index (χ1n) is 8.41. The minimum Gasteiger partial charge on any atom is -0.355 e. The fourth-order valence-corrected chi connectivity index (χ4v) is 2.41. The molecule has 2 aromatic heterocycles. The molecule has 8 nitrogen and oxygen atoms in total. The van der Waals surface area contributed by atoms with E-state index in [1.54, 1.807) is 42.5 Å². The van der Waals surface area contributed by atoms with Gasteiger partial charge in [-0.15, -0.1) is 0 Å². The summed E-state index contributed by atoms with van der Waals surface area (Å²) in [7, 11) is 1.59. The van der Waals surface area contributed by atoms with E-state index in [-0.39, 0.29) is 11.9 Å². The minimum atomic E-state index is -0.274. The van der Waals surface area contributed by atoms with E-state index in [0.717, 1.165) is 16.9 Å². The quantitative estimate of drug-likeness (QED) is 0.619. The Labute approximate surface area is 156 Å². The van der Waals surface area contributed by atoms with Gasteiger partial charge in [0.25, 0.3) is 5.91 Å². The predicted molar refractivity (Wildman–Crippen MR) is 100 cm³/mol. The summed E-state index contributed by atoms with van der Waals surface area (Å²) in [6.07, 6.45) is 6.89. The predicted octanol–water partition coefficient (Wildman–Crippen LogP) is 1.63. The Bertz CT molecular complexity index is 889. The molecule has 8 heteroatoms. The number of benzene rings is 1. The Balaban J connectivity index is 1.45. The average molecular weight is 364 g/mol. The molecule has 138 valence electrons. The van der Waals surface area contributed by atoms with Gasteiger partial charge in [-0.1, -0.05) is 18.2 Å². The highest BCUT2D eigenvalue weighted by Crippen LogP contribution is 2.06. The van der Waals surface area contributed by atoms with Gasteiger partial charge in [-0.25, -0.2) is 14.8 Å². The van der Waals surface area contributed by atoms with Gasteiger partial charge < -0.3 is 16.0 Å². The number of aromatic nitrogens is 3. The SMILES string of the molecule is CNC(=O)c1ccc(CNC(=O)NCc2ccc(-n3ccnc3)nc2)cc1. The molecule has 0 fully saturated rings. The molecule has 1 aromatic carbocycles. The third-order valence-electron chi connectivity index (χ3n) is 3.93. The number of rotatable bonds is 6. The van der Waals surface area contributed by atoms with Crippen molar-refractivity contribution in [1.29, 1.82) is 0 Å². The van der Waals surface area contributed by atoms with Crippen LogP contribution in [0.25, 0.3) is 5.82 Å². The molecule has 0 aliphatic heterocycles. The van der Waals surface area contributed by atoms with Gasteiger partial charge >= 0.3 is 6.03 Å². The van der Waals surface area contributed by atoms with E-state index < -0.39 is 0 Å². The van der Waals surface area contributed by atoms with Crippen LogP contribution in [-0.2, 0) is 13.1 Å². The highest BCUT2D eigenvalue weighted by Gasteiger charge is 2.04. The summed E-state index contributed by atoms with van der Waals surface area (Å²) in [6.45, 7) is 0.746. The second-order valence-electron chi connectivity index (χ2n) is 5.81. The molecule has 0 aliphatic rings.